The van der Waals surface area contributed by atoms with Gasteiger partial charge in [-0.2, -0.15) is 10.2 Å². The van der Waals surface area contributed by atoms with Gasteiger partial charge in [-0.05, 0) is 17.7 Å². The maximum absolute atomic E-state index is 4.13. The number of hydrogen-bond donors (Lipinski definition) is 0. The molecule has 0 heterocycles. The van der Waals surface area contributed by atoms with Crippen LogP contribution in [-0.2, 0) is 6.42 Å². The molecule has 2 aromatic carbocycles. The van der Waals surface area contributed by atoms with Crippen molar-refractivity contribution in [3.63, 3.8) is 0 Å². The maximum atomic E-state index is 4.13. The average Bonchev–Trinajstić information content (AvgIpc) is 2.39. The van der Waals surface area contributed by atoms with Crippen molar-refractivity contribution in [2.24, 2.45) is 10.2 Å². The summed E-state index contributed by atoms with van der Waals surface area (Å²) in [5.41, 5.74) is 2.81. The molecule has 17 heavy (non-hydrogen) atoms. The molecule has 0 N–H and O–H groups in total. The normalized spacial score (nSPS) is 10.6. The molecule has 0 unspecified atom stereocenters. The predicted molar refractivity (Wildman–Crippen MR) is 70.2 cm³/mol. The highest BCUT2D eigenvalue weighted by molar-refractivity contribution is 5.35. The van der Waals surface area contributed by atoms with Gasteiger partial charge >= 0.3 is 0 Å². The Kier molecular flexibility index (Phi) is 3.81. The largest absolute Gasteiger partial charge is 0.155 e. The van der Waals surface area contributed by atoms with Gasteiger partial charge in [-0.3, -0.25) is 0 Å². The van der Waals surface area contributed by atoms with Crippen molar-refractivity contribution in [3.8, 4) is 0 Å². The third kappa shape index (κ3) is 3.68. The van der Waals surface area contributed by atoms with Gasteiger partial charge in [0.05, 0.1) is 11.4 Å². The van der Waals surface area contributed by atoms with Gasteiger partial charge in [0.2, 0.25) is 0 Å². The fraction of sp³-hybridized carbons (Fsp3) is 0.0667. The van der Waals surface area contributed by atoms with Gasteiger partial charge in [0.25, 0.3) is 0 Å². The lowest BCUT2D eigenvalue weighted by molar-refractivity contribution is 1.04. The number of hydrogen-bond acceptors (Lipinski definition) is 2. The number of azo groups is 1. The molecule has 2 nitrogen and oxygen atoms in total. The quantitative estimate of drug-likeness (QED) is 0.679. The van der Waals surface area contributed by atoms with Crippen molar-refractivity contribution < 1.29 is 0 Å². The fourth-order valence-corrected chi connectivity index (χ4v) is 1.49. The van der Waals surface area contributed by atoms with Gasteiger partial charge in [-0.15, -0.1) is 0 Å². The first-order chi connectivity index (χ1) is 8.34. The Labute approximate surface area is 101 Å². The van der Waals surface area contributed by atoms with E-state index in [4.69, 9.17) is 0 Å². The van der Waals surface area contributed by atoms with Gasteiger partial charge in [0.1, 0.15) is 0 Å². The van der Waals surface area contributed by atoms with Crippen LogP contribution in [-0.4, -0.2) is 0 Å². The van der Waals surface area contributed by atoms with Gasteiger partial charge in [-0.25, -0.2) is 0 Å². The predicted octanol–water partition coefficient (Wildman–Crippen LogP) is 4.53. The van der Waals surface area contributed by atoms with E-state index in [0.29, 0.717) is 0 Å². The first-order valence-corrected chi connectivity index (χ1v) is 5.53. The molecule has 0 fully saturated rings. The van der Waals surface area contributed by atoms with Crippen LogP contribution in [0.5, 0.6) is 0 Å². The van der Waals surface area contributed by atoms with Crippen LogP contribution in [0.4, 0.5) is 5.69 Å². The van der Waals surface area contributed by atoms with E-state index < -0.39 is 0 Å². The molecular formula is C15H14N2. The zero-order valence-corrected chi connectivity index (χ0v) is 9.58. The maximum Gasteiger partial charge on any atom is 0.0856 e. The van der Waals surface area contributed by atoms with Crippen molar-refractivity contribution in [1.29, 1.82) is 0 Å². The minimum Gasteiger partial charge on any atom is -0.155 e. The third-order valence-electron chi connectivity index (χ3n) is 2.31. The van der Waals surface area contributed by atoms with Crippen LogP contribution < -0.4 is 0 Å². The fourth-order valence-electron chi connectivity index (χ4n) is 1.49. The summed E-state index contributed by atoms with van der Waals surface area (Å²) < 4.78 is 0. The highest BCUT2D eigenvalue weighted by Gasteiger charge is 1.94. The Morgan fingerprint density at radius 1 is 0.882 bits per heavy atom. The molecule has 0 spiro atoms. The van der Waals surface area contributed by atoms with Crippen molar-refractivity contribution in [2.75, 3.05) is 0 Å². The second kappa shape index (κ2) is 5.75. The molecule has 2 heteroatoms. The second-order valence-corrected chi connectivity index (χ2v) is 3.76. The minimum absolute atomic E-state index is 0.733. The summed E-state index contributed by atoms with van der Waals surface area (Å²) in [6.45, 7) is 3.90. The molecule has 2 rings (SSSR count). The van der Waals surface area contributed by atoms with Crippen LogP contribution in [0.25, 0.3) is 0 Å². The molecule has 0 aliphatic carbocycles. The molecule has 0 atom stereocenters. The van der Waals surface area contributed by atoms with E-state index in [1.807, 2.05) is 48.5 Å². The summed E-state index contributed by atoms with van der Waals surface area (Å²) in [6.07, 6.45) is 0.733. The summed E-state index contributed by atoms with van der Waals surface area (Å²) >= 11 is 0. The topological polar surface area (TPSA) is 24.7 Å². The van der Waals surface area contributed by atoms with Crippen LogP contribution in [0.2, 0.25) is 0 Å². The summed E-state index contributed by atoms with van der Waals surface area (Å²) in [7, 11) is 0. The summed E-state index contributed by atoms with van der Waals surface area (Å²) in [6, 6.07) is 19.8. The first kappa shape index (κ1) is 11.3. The summed E-state index contributed by atoms with van der Waals surface area (Å²) in [5.74, 6) is 0. The van der Waals surface area contributed by atoms with Crippen molar-refractivity contribution in [2.45, 2.75) is 6.42 Å². The van der Waals surface area contributed by atoms with E-state index in [0.717, 1.165) is 17.8 Å². The van der Waals surface area contributed by atoms with Crippen molar-refractivity contribution in [1.82, 2.24) is 0 Å². The van der Waals surface area contributed by atoms with E-state index in [1.165, 1.54) is 5.56 Å². The molecule has 0 saturated heterocycles. The lowest BCUT2D eigenvalue weighted by Crippen LogP contribution is -1.84. The Morgan fingerprint density at radius 2 is 1.47 bits per heavy atom. The summed E-state index contributed by atoms with van der Waals surface area (Å²) in [5, 5.41) is 8.25. The lowest BCUT2D eigenvalue weighted by Gasteiger charge is -1.98. The molecule has 0 aromatic heterocycles. The van der Waals surface area contributed by atoms with Gasteiger partial charge in [0, 0.05) is 6.42 Å². The Bertz CT molecular complexity index is 501. The highest BCUT2D eigenvalue weighted by Crippen LogP contribution is 2.14. The smallest absolute Gasteiger partial charge is 0.0856 e. The lowest BCUT2D eigenvalue weighted by atomic mass is 10.1. The summed E-state index contributed by atoms with van der Waals surface area (Å²) in [4.78, 5) is 0. The van der Waals surface area contributed by atoms with Gasteiger partial charge in [-0.1, -0.05) is 55.1 Å². The van der Waals surface area contributed by atoms with Crippen LogP contribution >= 0.6 is 0 Å². The van der Waals surface area contributed by atoms with E-state index in [9.17, 15) is 0 Å². The molecule has 84 valence electrons. The molecule has 0 radical (unpaired) electrons. The molecule has 0 aliphatic heterocycles. The van der Waals surface area contributed by atoms with E-state index in [1.54, 1.807) is 0 Å². The first-order valence-electron chi connectivity index (χ1n) is 5.53. The van der Waals surface area contributed by atoms with E-state index in [-0.39, 0.29) is 0 Å². The van der Waals surface area contributed by atoms with Gasteiger partial charge in [0.15, 0.2) is 0 Å². The number of nitrogens with zero attached hydrogens (tertiary/aromatic N) is 2. The highest BCUT2D eigenvalue weighted by atomic mass is 15.1. The van der Waals surface area contributed by atoms with Crippen molar-refractivity contribution >= 4 is 5.69 Å². The monoisotopic (exact) mass is 222 g/mol. The van der Waals surface area contributed by atoms with Crippen LogP contribution in [0.3, 0.4) is 0 Å². The number of benzene rings is 2. The van der Waals surface area contributed by atoms with Crippen molar-refractivity contribution in [3.05, 3.63) is 78.5 Å². The molecule has 2 aromatic rings. The number of rotatable bonds is 4. The minimum atomic E-state index is 0.733. The SMILES string of the molecule is C=C(Cc1ccccc1)N=Nc1ccccc1. The van der Waals surface area contributed by atoms with Crippen LogP contribution in [0.1, 0.15) is 5.56 Å². The van der Waals surface area contributed by atoms with E-state index >= 15 is 0 Å². The Morgan fingerprint density at radius 3 is 2.12 bits per heavy atom. The molecule has 0 bridgehead atoms. The standard InChI is InChI=1S/C15H14N2/c1-13(12-14-8-4-2-5-9-14)16-17-15-10-6-3-7-11-15/h2-11H,1,12H2. The van der Waals surface area contributed by atoms with Gasteiger partial charge < -0.3 is 0 Å². The zero-order chi connectivity index (χ0) is 11.9. The molecular weight excluding hydrogens is 208 g/mol. The van der Waals surface area contributed by atoms with Crippen LogP contribution in [0, 0.1) is 0 Å². The molecule has 0 amide bonds. The average molecular weight is 222 g/mol. The van der Waals surface area contributed by atoms with E-state index in [2.05, 4.69) is 28.9 Å². The third-order valence-corrected chi connectivity index (χ3v) is 2.31. The molecule has 0 saturated carbocycles. The Balaban J connectivity index is 1.96. The zero-order valence-electron chi connectivity index (χ0n) is 9.58. The van der Waals surface area contributed by atoms with Crippen LogP contribution in [0.15, 0.2) is 83.2 Å². The second-order valence-electron chi connectivity index (χ2n) is 3.76. The Hall–Kier alpha value is -2.22. The number of allylic oxidation sites excluding steroid dienone is 1. The molecule has 0 aliphatic rings.